The van der Waals surface area contributed by atoms with Crippen molar-refractivity contribution < 1.29 is 0 Å². The number of hydrogen-bond donors (Lipinski definition) is 1. The van der Waals surface area contributed by atoms with Gasteiger partial charge in [0.25, 0.3) is 0 Å². The van der Waals surface area contributed by atoms with E-state index in [9.17, 15) is 0 Å². The zero-order valence-electron chi connectivity index (χ0n) is 5.31. The maximum absolute atomic E-state index is 8.24. The highest BCUT2D eigenvalue weighted by Gasteiger charge is 2.01. The maximum Gasteiger partial charge on any atom is 0.181 e. The van der Waals surface area contributed by atoms with Crippen LogP contribution in [0.15, 0.2) is 6.07 Å². The van der Waals surface area contributed by atoms with Crippen molar-refractivity contribution in [3.8, 4) is 6.19 Å². The lowest BCUT2D eigenvalue weighted by atomic mass is 10.4. The van der Waals surface area contributed by atoms with E-state index in [0.29, 0.717) is 10.0 Å². The Morgan fingerprint density at radius 1 is 1.80 bits per heavy atom. The summed E-state index contributed by atoms with van der Waals surface area (Å²) >= 11 is 7.19. The van der Waals surface area contributed by atoms with Gasteiger partial charge >= 0.3 is 0 Å². The number of nitriles is 1. The highest BCUT2D eigenvalue weighted by Crippen LogP contribution is 2.30. The monoisotopic (exact) mass is 172 g/mol. The molecule has 1 heterocycles. The van der Waals surface area contributed by atoms with Crippen molar-refractivity contribution in [3.05, 3.63) is 15.3 Å². The molecular weight excluding hydrogens is 168 g/mol. The highest BCUT2D eigenvalue weighted by atomic mass is 35.5. The van der Waals surface area contributed by atoms with Crippen LogP contribution in [0, 0.1) is 18.4 Å². The van der Waals surface area contributed by atoms with Crippen molar-refractivity contribution in [2.24, 2.45) is 0 Å². The van der Waals surface area contributed by atoms with E-state index in [1.54, 1.807) is 0 Å². The molecular formula is C6H5ClN2S. The third-order valence-corrected chi connectivity index (χ3v) is 2.27. The summed E-state index contributed by atoms with van der Waals surface area (Å²) in [5.74, 6) is 0. The van der Waals surface area contributed by atoms with E-state index in [0.717, 1.165) is 4.88 Å². The summed E-state index contributed by atoms with van der Waals surface area (Å²) < 4.78 is 0.638. The topological polar surface area (TPSA) is 35.8 Å². The molecule has 0 amide bonds. The first-order valence-corrected chi connectivity index (χ1v) is 3.84. The second-order valence-corrected chi connectivity index (χ2v) is 3.64. The summed E-state index contributed by atoms with van der Waals surface area (Å²) in [6.45, 7) is 1.94. The summed E-state index contributed by atoms with van der Waals surface area (Å²) in [6.07, 6.45) is 1.81. The summed E-state index contributed by atoms with van der Waals surface area (Å²) in [5.41, 5.74) is 0.701. The smallest absolute Gasteiger partial charge is 0.181 e. The van der Waals surface area contributed by atoms with Crippen LogP contribution in [0.5, 0.6) is 0 Å². The Morgan fingerprint density at radius 2 is 2.50 bits per heavy atom. The normalized spacial score (nSPS) is 8.90. The van der Waals surface area contributed by atoms with Gasteiger partial charge in [0.05, 0.1) is 5.69 Å². The second-order valence-electron chi connectivity index (χ2n) is 1.78. The van der Waals surface area contributed by atoms with E-state index in [1.807, 2.05) is 19.2 Å². The van der Waals surface area contributed by atoms with E-state index in [1.165, 1.54) is 11.3 Å². The van der Waals surface area contributed by atoms with E-state index >= 15 is 0 Å². The molecule has 10 heavy (non-hydrogen) atoms. The molecule has 0 aliphatic heterocycles. The Morgan fingerprint density at radius 3 is 2.90 bits per heavy atom. The van der Waals surface area contributed by atoms with Crippen LogP contribution in [0.4, 0.5) is 5.69 Å². The molecule has 0 saturated heterocycles. The molecule has 0 fully saturated rings. The Labute approximate surface area is 68.0 Å². The molecule has 2 nitrogen and oxygen atoms in total. The van der Waals surface area contributed by atoms with Gasteiger partial charge in [-0.2, -0.15) is 5.26 Å². The number of nitrogens with one attached hydrogen (secondary N) is 1. The molecule has 1 rings (SSSR count). The fourth-order valence-corrected chi connectivity index (χ4v) is 1.78. The Kier molecular flexibility index (Phi) is 2.15. The predicted octanol–water partition coefficient (Wildman–Crippen LogP) is 2.60. The van der Waals surface area contributed by atoms with Crippen LogP contribution in [-0.2, 0) is 0 Å². The van der Waals surface area contributed by atoms with Gasteiger partial charge in [-0.25, -0.2) is 0 Å². The molecule has 0 aliphatic rings. The Bertz CT molecular complexity index is 274. The first kappa shape index (κ1) is 7.39. The van der Waals surface area contributed by atoms with Gasteiger partial charge in [-0.1, -0.05) is 11.6 Å². The molecule has 0 saturated carbocycles. The Hall–Kier alpha value is -0.720. The zero-order chi connectivity index (χ0) is 7.56. The van der Waals surface area contributed by atoms with Crippen LogP contribution >= 0.6 is 22.9 Å². The van der Waals surface area contributed by atoms with E-state index in [4.69, 9.17) is 16.9 Å². The summed E-state index contributed by atoms with van der Waals surface area (Å²) in [4.78, 5) is 1.10. The second kappa shape index (κ2) is 2.91. The predicted molar refractivity (Wildman–Crippen MR) is 43.3 cm³/mol. The van der Waals surface area contributed by atoms with Gasteiger partial charge in [0.1, 0.15) is 4.34 Å². The zero-order valence-corrected chi connectivity index (χ0v) is 6.88. The van der Waals surface area contributed by atoms with Crippen LogP contribution in [-0.4, -0.2) is 0 Å². The molecule has 0 unspecified atom stereocenters. The molecule has 0 atom stereocenters. The number of hydrogen-bond acceptors (Lipinski definition) is 3. The molecule has 0 aliphatic carbocycles. The van der Waals surface area contributed by atoms with Gasteiger partial charge in [0, 0.05) is 4.88 Å². The standard InChI is InChI=1S/C6H5ClN2S/c1-4-2-5(9-3-8)6(7)10-4/h2,9H,1H3. The highest BCUT2D eigenvalue weighted by molar-refractivity contribution is 7.16. The van der Waals surface area contributed by atoms with Gasteiger partial charge in [0.15, 0.2) is 6.19 Å². The van der Waals surface area contributed by atoms with Gasteiger partial charge in [-0.05, 0) is 13.0 Å². The van der Waals surface area contributed by atoms with Crippen LogP contribution in [0.3, 0.4) is 0 Å². The molecule has 1 aromatic heterocycles. The van der Waals surface area contributed by atoms with Crippen molar-refractivity contribution in [1.82, 2.24) is 0 Å². The molecule has 0 bridgehead atoms. The van der Waals surface area contributed by atoms with Crippen molar-refractivity contribution in [1.29, 1.82) is 5.26 Å². The lowest BCUT2D eigenvalue weighted by Crippen LogP contribution is -1.82. The molecule has 0 aromatic carbocycles. The average Bonchev–Trinajstić information content (AvgIpc) is 2.13. The van der Waals surface area contributed by atoms with Crippen molar-refractivity contribution >= 4 is 28.6 Å². The average molecular weight is 173 g/mol. The molecule has 4 heteroatoms. The molecule has 0 spiro atoms. The van der Waals surface area contributed by atoms with Gasteiger partial charge in [-0.3, -0.25) is 5.32 Å². The largest absolute Gasteiger partial charge is 0.290 e. The van der Waals surface area contributed by atoms with Crippen molar-refractivity contribution in [3.63, 3.8) is 0 Å². The Balaban J connectivity index is 2.94. The quantitative estimate of drug-likeness (QED) is 0.522. The summed E-state index contributed by atoms with van der Waals surface area (Å²) in [6, 6.07) is 1.84. The molecule has 1 N–H and O–H groups in total. The SMILES string of the molecule is Cc1cc(NC#N)c(Cl)s1. The van der Waals surface area contributed by atoms with Crippen molar-refractivity contribution in [2.45, 2.75) is 6.92 Å². The van der Waals surface area contributed by atoms with Crippen LogP contribution in [0.1, 0.15) is 4.88 Å². The minimum absolute atomic E-state index is 0.638. The maximum atomic E-state index is 8.24. The first-order valence-electron chi connectivity index (χ1n) is 2.65. The fraction of sp³-hybridized carbons (Fsp3) is 0.167. The lowest BCUT2D eigenvalue weighted by Gasteiger charge is -1.87. The number of nitrogens with zero attached hydrogens (tertiary/aromatic N) is 1. The minimum atomic E-state index is 0.638. The number of thiophene rings is 1. The number of anilines is 1. The van der Waals surface area contributed by atoms with Crippen LogP contribution in [0.25, 0.3) is 0 Å². The third-order valence-electron chi connectivity index (χ3n) is 1.00. The fourth-order valence-electron chi connectivity index (χ4n) is 0.631. The molecule has 52 valence electrons. The lowest BCUT2D eigenvalue weighted by molar-refractivity contribution is 1.48. The number of aryl methyl sites for hydroxylation is 1. The summed E-state index contributed by atoms with van der Waals surface area (Å²) in [5, 5.41) is 10.7. The number of rotatable bonds is 1. The van der Waals surface area contributed by atoms with Gasteiger partial charge in [-0.15, -0.1) is 11.3 Å². The molecule has 1 aromatic rings. The van der Waals surface area contributed by atoms with E-state index in [2.05, 4.69) is 5.32 Å². The first-order chi connectivity index (χ1) is 4.74. The van der Waals surface area contributed by atoms with Gasteiger partial charge < -0.3 is 0 Å². The van der Waals surface area contributed by atoms with E-state index < -0.39 is 0 Å². The van der Waals surface area contributed by atoms with E-state index in [-0.39, 0.29) is 0 Å². The van der Waals surface area contributed by atoms with Crippen LogP contribution in [0.2, 0.25) is 4.34 Å². The van der Waals surface area contributed by atoms with Gasteiger partial charge in [0.2, 0.25) is 0 Å². The van der Waals surface area contributed by atoms with Crippen molar-refractivity contribution in [2.75, 3.05) is 5.32 Å². The third kappa shape index (κ3) is 1.41. The van der Waals surface area contributed by atoms with Crippen LogP contribution < -0.4 is 5.32 Å². The minimum Gasteiger partial charge on any atom is -0.290 e. The summed E-state index contributed by atoms with van der Waals surface area (Å²) in [7, 11) is 0. The molecule has 0 radical (unpaired) electrons. The number of halogens is 1.